The van der Waals surface area contributed by atoms with Crippen LogP contribution < -0.4 is 21.3 Å². The topological polar surface area (TPSA) is 103 Å². The first kappa shape index (κ1) is 18.2. The van der Waals surface area contributed by atoms with Gasteiger partial charge in [0, 0.05) is 29.4 Å². The molecule has 0 unspecified atom stereocenters. The monoisotopic (exact) mass is 365 g/mol. The van der Waals surface area contributed by atoms with Crippen molar-refractivity contribution < 1.29 is 14.3 Å². The van der Waals surface area contributed by atoms with Crippen molar-refractivity contribution in [3.8, 4) is 5.75 Å². The normalized spacial score (nSPS) is 10.6. The number of hydrogen-bond acceptors (Lipinski definition) is 4. The SMILES string of the molecule is CCn1ccc2c(OCC(=O)Nc3ccc(C(N)=O)cc3)cccc2c1=O. The summed E-state index contributed by atoms with van der Waals surface area (Å²) in [6.07, 6.45) is 1.71. The highest BCUT2D eigenvalue weighted by Crippen LogP contribution is 2.23. The minimum absolute atomic E-state index is 0.0977. The Morgan fingerprint density at radius 2 is 1.81 bits per heavy atom. The largest absolute Gasteiger partial charge is 0.483 e. The summed E-state index contributed by atoms with van der Waals surface area (Å²) in [5.74, 6) is -0.429. The number of carbonyl (C=O) groups excluding carboxylic acids is 2. The van der Waals surface area contributed by atoms with Gasteiger partial charge >= 0.3 is 0 Å². The quantitative estimate of drug-likeness (QED) is 0.698. The standard InChI is InChI=1S/C20H19N3O4/c1-2-23-11-10-15-16(20(23)26)4-3-5-17(15)27-12-18(24)22-14-8-6-13(7-9-14)19(21)25/h3-11H,2,12H2,1H3,(H2,21,25)(H,22,24). The molecule has 2 aromatic carbocycles. The maximum absolute atomic E-state index is 12.4. The summed E-state index contributed by atoms with van der Waals surface area (Å²) in [7, 11) is 0. The lowest BCUT2D eigenvalue weighted by atomic mass is 10.1. The minimum Gasteiger partial charge on any atom is -0.483 e. The number of fused-ring (bicyclic) bond motifs is 1. The lowest BCUT2D eigenvalue weighted by Crippen LogP contribution is -2.21. The molecule has 27 heavy (non-hydrogen) atoms. The average Bonchev–Trinajstić information content (AvgIpc) is 2.67. The molecule has 0 aliphatic heterocycles. The Balaban J connectivity index is 1.71. The van der Waals surface area contributed by atoms with Crippen molar-refractivity contribution >= 4 is 28.3 Å². The van der Waals surface area contributed by atoms with E-state index in [0.717, 1.165) is 0 Å². The number of amides is 2. The fourth-order valence-electron chi connectivity index (χ4n) is 2.72. The van der Waals surface area contributed by atoms with Crippen molar-refractivity contribution in [3.63, 3.8) is 0 Å². The number of nitrogens with one attached hydrogen (secondary N) is 1. The first-order valence-electron chi connectivity index (χ1n) is 8.44. The Morgan fingerprint density at radius 3 is 2.48 bits per heavy atom. The molecule has 0 fully saturated rings. The first-order chi connectivity index (χ1) is 13.0. The van der Waals surface area contributed by atoms with E-state index in [4.69, 9.17) is 10.5 Å². The van der Waals surface area contributed by atoms with Crippen LogP contribution in [0.5, 0.6) is 5.75 Å². The van der Waals surface area contributed by atoms with E-state index in [0.29, 0.717) is 34.3 Å². The molecule has 0 aliphatic rings. The Hall–Kier alpha value is -3.61. The van der Waals surface area contributed by atoms with E-state index >= 15 is 0 Å². The number of benzene rings is 2. The Bertz CT molecular complexity index is 1060. The predicted molar refractivity (Wildman–Crippen MR) is 103 cm³/mol. The molecule has 2 amide bonds. The molecule has 1 heterocycles. The summed E-state index contributed by atoms with van der Waals surface area (Å²) >= 11 is 0. The number of carbonyl (C=O) groups is 2. The number of nitrogens with zero attached hydrogens (tertiary/aromatic N) is 1. The van der Waals surface area contributed by atoms with E-state index < -0.39 is 5.91 Å². The summed E-state index contributed by atoms with van der Waals surface area (Å²) in [6.45, 7) is 2.26. The summed E-state index contributed by atoms with van der Waals surface area (Å²) in [4.78, 5) is 35.5. The second-order valence-electron chi connectivity index (χ2n) is 5.90. The van der Waals surface area contributed by atoms with Crippen molar-refractivity contribution in [1.82, 2.24) is 4.57 Å². The smallest absolute Gasteiger partial charge is 0.262 e. The van der Waals surface area contributed by atoms with Crippen LogP contribution in [0, 0.1) is 0 Å². The van der Waals surface area contributed by atoms with Crippen molar-refractivity contribution in [2.75, 3.05) is 11.9 Å². The lowest BCUT2D eigenvalue weighted by Gasteiger charge is -2.11. The van der Waals surface area contributed by atoms with Crippen LogP contribution >= 0.6 is 0 Å². The highest BCUT2D eigenvalue weighted by Gasteiger charge is 2.09. The molecule has 0 bridgehead atoms. The molecule has 3 N–H and O–H groups in total. The molecule has 3 rings (SSSR count). The van der Waals surface area contributed by atoms with Gasteiger partial charge in [0.1, 0.15) is 5.75 Å². The molecular weight excluding hydrogens is 346 g/mol. The first-order valence-corrected chi connectivity index (χ1v) is 8.44. The van der Waals surface area contributed by atoms with Gasteiger partial charge in [-0.3, -0.25) is 14.4 Å². The second kappa shape index (κ2) is 7.74. The maximum atomic E-state index is 12.4. The van der Waals surface area contributed by atoms with Crippen LogP contribution in [0.1, 0.15) is 17.3 Å². The van der Waals surface area contributed by atoms with E-state index in [1.807, 2.05) is 6.92 Å². The molecular formula is C20H19N3O4. The van der Waals surface area contributed by atoms with Crippen LogP contribution in [-0.4, -0.2) is 23.0 Å². The third-order valence-corrected chi connectivity index (χ3v) is 4.13. The number of aryl methyl sites for hydroxylation is 1. The van der Waals surface area contributed by atoms with Gasteiger partial charge in [0.2, 0.25) is 5.91 Å². The van der Waals surface area contributed by atoms with Crippen LogP contribution in [0.15, 0.2) is 59.5 Å². The number of ether oxygens (including phenoxy) is 1. The zero-order valence-electron chi connectivity index (χ0n) is 14.8. The number of anilines is 1. The fraction of sp³-hybridized carbons (Fsp3) is 0.150. The van der Waals surface area contributed by atoms with E-state index in [1.165, 1.54) is 12.1 Å². The molecule has 0 saturated carbocycles. The number of pyridine rings is 1. The van der Waals surface area contributed by atoms with Crippen molar-refractivity contribution in [2.45, 2.75) is 13.5 Å². The van der Waals surface area contributed by atoms with Crippen LogP contribution in [0.3, 0.4) is 0 Å². The number of aromatic nitrogens is 1. The zero-order valence-corrected chi connectivity index (χ0v) is 14.8. The second-order valence-corrected chi connectivity index (χ2v) is 5.90. The molecule has 0 atom stereocenters. The number of primary amides is 1. The van der Waals surface area contributed by atoms with Gasteiger partial charge in [0.05, 0.1) is 5.39 Å². The highest BCUT2D eigenvalue weighted by atomic mass is 16.5. The molecule has 3 aromatic rings. The Morgan fingerprint density at radius 1 is 1.07 bits per heavy atom. The molecule has 0 radical (unpaired) electrons. The van der Waals surface area contributed by atoms with Gasteiger partial charge in [-0.05, 0) is 49.4 Å². The van der Waals surface area contributed by atoms with Gasteiger partial charge in [-0.25, -0.2) is 0 Å². The minimum atomic E-state index is -0.533. The highest BCUT2D eigenvalue weighted by molar-refractivity contribution is 5.95. The summed E-state index contributed by atoms with van der Waals surface area (Å²) in [6, 6.07) is 13.2. The predicted octanol–water partition coefficient (Wildman–Crippen LogP) is 2.14. The fourth-order valence-corrected chi connectivity index (χ4v) is 2.72. The van der Waals surface area contributed by atoms with Crippen LogP contribution in [-0.2, 0) is 11.3 Å². The summed E-state index contributed by atoms with van der Waals surface area (Å²) in [5.41, 5.74) is 5.97. The zero-order chi connectivity index (χ0) is 19.4. The lowest BCUT2D eigenvalue weighted by molar-refractivity contribution is -0.118. The van der Waals surface area contributed by atoms with Gasteiger partial charge in [-0.1, -0.05) is 6.07 Å². The summed E-state index contributed by atoms with van der Waals surface area (Å²) < 4.78 is 7.22. The Labute approximate surface area is 155 Å². The maximum Gasteiger partial charge on any atom is 0.262 e. The van der Waals surface area contributed by atoms with Crippen LogP contribution in [0.2, 0.25) is 0 Å². The van der Waals surface area contributed by atoms with E-state index in [9.17, 15) is 14.4 Å². The summed E-state index contributed by atoms with van der Waals surface area (Å²) in [5, 5.41) is 3.87. The van der Waals surface area contributed by atoms with Gasteiger partial charge < -0.3 is 20.4 Å². The molecule has 7 nitrogen and oxygen atoms in total. The Kier molecular flexibility index (Phi) is 5.21. The van der Waals surface area contributed by atoms with Crippen LogP contribution in [0.4, 0.5) is 5.69 Å². The number of hydrogen-bond donors (Lipinski definition) is 2. The molecule has 0 saturated heterocycles. The van der Waals surface area contributed by atoms with Gasteiger partial charge in [-0.15, -0.1) is 0 Å². The van der Waals surface area contributed by atoms with Crippen LogP contribution in [0.25, 0.3) is 10.8 Å². The van der Waals surface area contributed by atoms with Gasteiger partial charge in [0.15, 0.2) is 6.61 Å². The van der Waals surface area contributed by atoms with E-state index in [2.05, 4.69) is 5.32 Å². The number of nitrogens with two attached hydrogens (primary N) is 1. The molecule has 1 aromatic heterocycles. The van der Waals surface area contributed by atoms with Gasteiger partial charge in [0.25, 0.3) is 11.5 Å². The third kappa shape index (κ3) is 3.98. The average molecular weight is 365 g/mol. The third-order valence-electron chi connectivity index (χ3n) is 4.13. The molecule has 7 heteroatoms. The molecule has 138 valence electrons. The molecule has 0 aliphatic carbocycles. The number of rotatable bonds is 6. The van der Waals surface area contributed by atoms with Crippen molar-refractivity contribution in [1.29, 1.82) is 0 Å². The van der Waals surface area contributed by atoms with Crippen molar-refractivity contribution in [2.24, 2.45) is 5.73 Å². The van der Waals surface area contributed by atoms with E-state index in [1.54, 1.807) is 47.2 Å². The van der Waals surface area contributed by atoms with Crippen molar-refractivity contribution in [3.05, 3.63) is 70.6 Å². The van der Waals surface area contributed by atoms with Gasteiger partial charge in [-0.2, -0.15) is 0 Å². The van der Waals surface area contributed by atoms with E-state index in [-0.39, 0.29) is 18.1 Å². The molecule has 0 spiro atoms.